The van der Waals surface area contributed by atoms with Gasteiger partial charge in [-0.25, -0.2) is 5.06 Å². The van der Waals surface area contributed by atoms with Crippen LogP contribution in [0.2, 0.25) is 0 Å². The number of nitrogens with one attached hydrogen (secondary N) is 4. The fourth-order valence-electron chi connectivity index (χ4n) is 8.84. The van der Waals surface area contributed by atoms with E-state index in [-0.39, 0.29) is 48.3 Å². The Bertz CT molecular complexity index is 1730. The number of para-hydroxylation sites is 1. The highest BCUT2D eigenvalue weighted by atomic mass is 16.7. The number of hydrogen-bond donors (Lipinski definition) is 5. The molecule has 5 N–H and O–H groups in total. The van der Waals surface area contributed by atoms with Gasteiger partial charge in [-0.2, -0.15) is 0 Å². The number of likely N-dealkylation sites (N-methyl/N-ethyl adjacent to an activating group) is 2. The Hall–Kier alpha value is -4.09. The van der Waals surface area contributed by atoms with E-state index in [1.807, 2.05) is 58.2 Å². The van der Waals surface area contributed by atoms with Crippen molar-refractivity contribution in [1.82, 2.24) is 35.8 Å². The van der Waals surface area contributed by atoms with Gasteiger partial charge in [0.15, 0.2) is 0 Å². The molecule has 2 aliphatic heterocycles. The quantitative estimate of drug-likeness (QED) is 0.125. The molecule has 1 aromatic heterocycles. The van der Waals surface area contributed by atoms with Crippen molar-refractivity contribution in [2.75, 3.05) is 48.0 Å². The van der Waals surface area contributed by atoms with E-state index >= 15 is 0 Å². The standard InChI is InChI=1S/C44H71N7O9/c1-11-27(4)39(49(8)44(57)37(26(2)3)48-42(55)38(45-7)29(6)52)35(58-9)24-36(53)50-20-16-19-34(50)40(59-10)28(5)41(54)47-33(43(56)51-21-14-15-22-60-51)23-30-25-46-32-18-13-12-17-31(30)32/h12-13,17-18,25-29,33-35,37-40,45-46,52H,11,14-16,19-24H2,1-10H3,(H,47,54)(H,48,55)/t27-,28+,29?,33-,34-,35+,37-,38-,39-,40+/m0/s1. The molecule has 3 heterocycles. The Morgan fingerprint density at radius 1 is 0.967 bits per heavy atom. The number of fused-ring (bicyclic) bond motifs is 1. The zero-order valence-corrected chi connectivity index (χ0v) is 37.4. The summed E-state index contributed by atoms with van der Waals surface area (Å²) in [4.78, 5) is 82.1. The minimum absolute atomic E-state index is 0.0315. The number of ether oxygens (including phenoxy) is 2. The van der Waals surface area contributed by atoms with Gasteiger partial charge in [-0.3, -0.25) is 28.8 Å². The maximum Gasteiger partial charge on any atom is 0.269 e. The first-order chi connectivity index (χ1) is 28.6. The van der Waals surface area contributed by atoms with Crippen LogP contribution < -0.4 is 16.0 Å². The number of aliphatic hydroxyl groups excluding tert-OH is 1. The highest BCUT2D eigenvalue weighted by Gasteiger charge is 2.44. The van der Waals surface area contributed by atoms with E-state index in [2.05, 4.69) is 20.9 Å². The van der Waals surface area contributed by atoms with Crippen molar-refractivity contribution in [2.24, 2.45) is 17.8 Å². The van der Waals surface area contributed by atoms with Crippen LogP contribution in [0.3, 0.4) is 0 Å². The third-order valence-corrected chi connectivity index (χ3v) is 12.5. The average Bonchev–Trinajstić information content (AvgIpc) is 3.89. The van der Waals surface area contributed by atoms with E-state index in [0.29, 0.717) is 39.0 Å². The Morgan fingerprint density at radius 3 is 2.28 bits per heavy atom. The molecule has 0 bridgehead atoms. The largest absolute Gasteiger partial charge is 0.391 e. The molecule has 4 rings (SSSR count). The lowest BCUT2D eigenvalue weighted by Gasteiger charge is -2.41. The Morgan fingerprint density at radius 2 is 1.68 bits per heavy atom. The van der Waals surface area contributed by atoms with Crippen molar-refractivity contribution >= 4 is 40.4 Å². The molecule has 0 spiro atoms. The van der Waals surface area contributed by atoms with Crippen molar-refractivity contribution in [2.45, 2.75) is 135 Å². The number of carbonyl (C=O) groups excluding carboxylic acids is 5. The van der Waals surface area contributed by atoms with Crippen LogP contribution in [0.5, 0.6) is 0 Å². The fourth-order valence-corrected chi connectivity index (χ4v) is 8.84. The summed E-state index contributed by atoms with van der Waals surface area (Å²) in [5.74, 6) is -2.78. The van der Waals surface area contributed by atoms with Gasteiger partial charge in [-0.15, -0.1) is 0 Å². The summed E-state index contributed by atoms with van der Waals surface area (Å²) in [5.41, 5.74) is 1.83. The lowest BCUT2D eigenvalue weighted by atomic mass is 9.89. The third-order valence-electron chi connectivity index (χ3n) is 12.5. The van der Waals surface area contributed by atoms with Crippen molar-refractivity contribution in [3.05, 3.63) is 36.0 Å². The number of benzene rings is 1. The summed E-state index contributed by atoms with van der Waals surface area (Å²) in [6.45, 7) is 12.3. The number of aromatic amines is 1. The highest BCUT2D eigenvalue weighted by Crippen LogP contribution is 2.30. The minimum atomic E-state index is -0.978. The maximum absolute atomic E-state index is 14.4. The second-order valence-corrected chi connectivity index (χ2v) is 16.9. The molecule has 0 aliphatic carbocycles. The Kier molecular flexibility index (Phi) is 18.3. The van der Waals surface area contributed by atoms with E-state index < -0.39 is 60.3 Å². The lowest BCUT2D eigenvalue weighted by Crippen LogP contribution is -2.60. The molecule has 0 saturated carbocycles. The number of H-pyrrole nitrogens is 1. The number of carbonyl (C=O) groups is 5. The van der Waals surface area contributed by atoms with Crippen molar-refractivity contribution in [3.63, 3.8) is 0 Å². The predicted molar refractivity (Wildman–Crippen MR) is 228 cm³/mol. The fraction of sp³-hybridized carbons (Fsp3) is 0.705. The van der Waals surface area contributed by atoms with Crippen LogP contribution in [0, 0.1) is 17.8 Å². The van der Waals surface area contributed by atoms with Crippen LogP contribution >= 0.6 is 0 Å². The summed E-state index contributed by atoms with van der Waals surface area (Å²) in [7, 11) is 6.31. The van der Waals surface area contributed by atoms with E-state index in [1.165, 1.54) is 26.2 Å². The molecular weight excluding hydrogens is 771 g/mol. The summed E-state index contributed by atoms with van der Waals surface area (Å²) >= 11 is 0. The molecule has 2 saturated heterocycles. The maximum atomic E-state index is 14.4. The molecule has 1 aromatic carbocycles. The number of likely N-dealkylation sites (tertiary alicyclic amines) is 1. The predicted octanol–water partition coefficient (Wildman–Crippen LogP) is 2.78. The van der Waals surface area contributed by atoms with E-state index in [0.717, 1.165) is 29.3 Å². The minimum Gasteiger partial charge on any atom is -0.391 e. The molecule has 5 amide bonds. The van der Waals surface area contributed by atoms with Gasteiger partial charge in [0.05, 0.1) is 49.3 Å². The van der Waals surface area contributed by atoms with Gasteiger partial charge in [-0.1, -0.05) is 59.2 Å². The summed E-state index contributed by atoms with van der Waals surface area (Å²) < 4.78 is 12.0. The SMILES string of the molecule is CC[C@H](C)[C@@H]([C@@H](CC(=O)N1CCC[C@H]1[C@H](OC)[C@@H](C)C(=O)N[C@@H](Cc1c[nH]c2ccccc12)C(=O)N1CCCCO1)OC)N(C)C(=O)[C@@H](NC(=O)[C@@H](NC)C(C)O)C(C)C. The van der Waals surface area contributed by atoms with Crippen LogP contribution in [0.1, 0.15) is 85.6 Å². The number of hydroxylamine groups is 2. The van der Waals surface area contributed by atoms with Crippen LogP contribution in [-0.4, -0.2) is 151 Å². The first-order valence-corrected chi connectivity index (χ1v) is 21.7. The zero-order valence-electron chi connectivity index (χ0n) is 37.4. The van der Waals surface area contributed by atoms with Crippen LogP contribution in [0.25, 0.3) is 10.9 Å². The number of aliphatic hydroxyl groups is 1. The van der Waals surface area contributed by atoms with Gasteiger partial charge in [0.1, 0.15) is 18.1 Å². The van der Waals surface area contributed by atoms with Crippen LogP contribution in [-0.2, 0) is 44.7 Å². The number of aromatic nitrogens is 1. The van der Waals surface area contributed by atoms with Crippen LogP contribution in [0.15, 0.2) is 30.5 Å². The Labute approximate surface area is 355 Å². The van der Waals surface area contributed by atoms with E-state index in [9.17, 15) is 29.1 Å². The monoisotopic (exact) mass is 842 g/mol. The topological polar surface area (TPSA) is 195 Å². The van der Waals surface area contributed by atoms with Gasteiger partial charge in [0.25, 0.3) is 5.91 Å². The number of methoxy groups -OCH3 is 2. The normalized spacial score (nSPS) is 20.4. The average molecular weight is 842 g/mol. The van der Waals surface area contributed by atoms with Gasteiger partial charge < -0.3 is 45.3 Å². The van der Waals surface area contributed by atoms with E-state index in [4.69, 9.17) is 14.3 Å². The first-order valence-electron chi connectivity index (χ1n) is 21.7. The van der Waals surface area contributed by atoms with E-state index in [1.54, 1.807) is 30.8 Å². The number of amides is 5. The molecule has 2 aromatic rings. The van der Waals surface area contributed by atoms with Gasteiger partial charge in [0.2, 0.25) is 23.6 Å². The first kappa shape index (κ1) is 48.6. The molecule has 2 fully saturated rings. The zero-order chi connectivity index (χ0) is 44.3. The number of hydrogen-bond acceptors (Lipinski definition) is 10. The molecule has 16 heteroatoms. The summed E-state index contributed by atoms with van der Waals surface area (Å²) in [5, 5.41) is 21.1. The van der Waals surface area contributed by atoms with Crippen molar-refractivity contribution in [3.8, 4) is 0 Å². The third kappa shape index (κ3) is 11.6. The smallest absolute Gasteiger partial charge is 0.269 e. The molecule has 0 radical (unpaired) electrons. The van der Waals surface area contributed by atoms with Gasteiger partial charge >= 0.3 is 0 Å². The number of nitrogens with zero attached hydrogens (tertiary/aromatic N) is 3. The van der Waals surface area contributed by atoms with Gasteiger partial charge in [-0.05, 0) is 63.1 Å². The van der Waals surface area contributed by atoms with Crippen molar-refractivity contribution < 1.29 is 43.4 Å². The summed E-state index contributed by atoms with van der Waals surface area (Å²) in [6, 6.07) is 4.17. The lowest BCUT2D eigenvalue weighted by molar-refractivity contribution is -0.199. The molecule has 336 valence electrons. The Balaban J connectivity index is 1.51. The second kappa shape index (κ2) is 22.7. The molecule has 16 nitrogen and oxygen atoms in total. The molecular formula is C44H71N7O9. The molecule has 1 unspecified atom stereocenters. The second-order valence-electron chi connectivity index (χ2n) is 16.9. The molecule has 2 aliphatic rings. The highest BCUT2D eigenvalue weighted by molar-refractivity contribution is 5.91. The van der Waals surface area contributed by atoms with Gasteiger partial charge in [0, 0.05) is 57.9 Å². The number of rotatable bonds is 21. The molecule has 10 atom stereocenters. The van der Waals surface area contributed by atoms with Crippen LogP contribution in [0.4, 0.5) is 0 Å². The molecule has 60 heavy (non-hydrogen) atoms. The van der Waals surface area contributed by atoms with Crippen molar-refractivity contribution in [1.29, 1.82) is 0 Å². The summed E-state index contributed by atoms with van der Waals surface area (Å²) in [6.07, 6.45) is 3.41.